The molecule has 0 saturated heterocycles. The van der Waals surface area contributed by atoms with Crippen LogP contribution in [0.15, 0.2) is 44.2 Å². The van der Waals surface area contributed by atoms with Crippen molar-refractivity contribution in [2.45, 2.75) is 11.8 Å². The lowest BCUT2D eigenvalue weighted by atomic mass is 10.2. The summed E-state index contributed by atoms with van der Waals surface area (Å²) in [6, 6.07) is 7.12. The van der Waals surface area contributed by atoms with Gasteiger partial charge in [-0.1, -0.05) is 6.07 Å². The van der Waals surface area contributed by atoms with Crippen molar-refractivity contribution in [2.75, 3.05) is 10.5 Å². The maximum atomic E-state index is 13.7. The maximum Gasteiger partial charge on any atom is 0.264 e. The van der Waals surface area contributed by atoms with Crippen molar-refractivity contribution in [3.63, 3.8) is 0 Å². The molecule has 0 spiro atoms. The number of hydrogen-bond acceptors (Lipinski definition) is 3. The first-order valence-corrected chi connectivity index (χ1v) is 8.81. The lowest BCUT2D eigenvalue weighted by Crippen LogP contribution is -2.15. The number of nitrogens with one attached hydrogen (secondary N) is 1. The molecule has 0 aromatic heterocycles. The Bertz CT molecular complexity index is 787. The van der Waals surface area contributed by atoms with E-state index in [0.29, 0.717) is 5.69 Å². The van der Waals surface area contributed by atoms with E-state index in [4.69, 9.17) is 5.73 Å². The Balaban J connectivity index is 2.51. The lowest BCUT2D eigenvalue weighted by Gasteiger charge is -2.13. The van der Waals surface area contributed by atoms with Crippen LogP contribution in [0.5, 0.6) is 0 Å². The van der Waals surface area contributed by atoms with Crippen LogP contribution in [0.3, 0.4) is 0 Å². The van der Waals surface area contributed by atoms with E-state index in [-0.39, 0.29) is 19.5 Å². The van der Waals surface area contributed by atoms with Crippen LogP contribution in [0.25, 0.3) is 0 Å². The highest BCUT2D eigenvalue weighted by Gasteiger charge is 2.23. The van der Waals surface area contributed by atoms with E-state index in [1.807, 2.05) is 0 Å². The molecule has 0 bridgehead atoms. The van der Waals surface area contributed by atoms with Gasteiger partial charge in [-0.25, -0.2) is 12.8 Å². The Morgan fingerprint density at radius 2 is 1.71 bits per heavy atom. The highest BCUT2D eigenvalue weighted by atomic mass is 79.9. The van der Waals surface area contributed by atoms with Gasteiger partial charge in [0, 0.05) is 14.6 Å². The molecule has 112 valence electrons. The molecular weight excluding hydrogens is 427 g/mol. The Hall–Kier alpha value is -1.12. The summed E-state index contributed by atoms with van der Waals surface area (Å²) in [5.41, 5.74) is 6.66. The number of hydrogen-bond donors (Lipinski definition) is 2. The van der Waals surface area contributed by atoms with Gasteiger partial charge < -0.3 is 5.73 Å². The topological polar surface area (TPSA) is 72.2 Å². The Morgan fingerprint density at radius 1 is 1.14 bits per heavy atom. The van der Waals surface area contributed by atoms with E-state index in [2.05, 4.69) is 36.6 Å². The number of sulfonamides is 1. The first-order valence-electron chi connectivity index (χ1n) is 5.74. The van der Waals surface area contributed by atoms with Crippen LogP contribution < -0.4 is 10.5 Å². The molecule has 0 unspecified atom stereocenters. The number of aryl methyl sites for hydroxylation is 1. The number of benzene rings is 2. The molecule has 0 aliphatic rings. The number of anilines is 2. The van der Waals surface area contributed by atoms with Crippen LogP contribution in [0.4, 0.5) is 15.8 Å². The largest absolute Gasteiger partial charge is 0.399 e. The van der Waals surface area contributed by atoms with E-state index in [1.165, 1.54) is 24.3 Å². The number of nitrogens with two attached hydrogens (primary N) is 1. The van der Waals surface area contributed by atoms with Crippen LogP contribution in [0.2, 0.25) is 0 Å². The van der Waals surface area contributed by atoms with Crippen molar-refractivity contribution < 1.29 is 12.8 Å². The van der Waals surface area contributed by atoms with Crippen molar-refractivity contribution in [3.8, 4) is 0 Å². The van der Waals surface area contributed by atoms with Crippen LogP contribution in [0, 0.1) is 12.7 Å². The van der Waals surface area contributed by atoms with Gasteiger partial charge in [0.15, 0.2) is 0 Å². The predicted molar refractivity (Wildman–Crippen MR) is 88.2 cm³/mol. The highest BCUT2D eigenvalue weighted by Crippen LogP contribution is 2.34. The molecule has 0 heterocycles. The van der Waals surface area contributed by atoms with Gasteiger partial charge in [-0.3, -0.25) is 4.72 Å². The van der Waals surface area contributed by atoms with Crippen LogP contribution >= 0.6 is 31.9 Å². The van der Waals surface area contributed by atoms with Gasteiger partial charge in [-0.2, -0.15) is 0 Å². The molecule has 4 nitrogen and oxygen atoms in total. The summed E-state index contributed by atoms with van der Waals surface area (Å²) in [4.78, 5) is -0.0439. The standard InChI is InChI=1S/C13H11Br2FN2O2S/c1-7-2-3-11(16)12(4-7)18-21(19,20)13-9(14)5-8(17)6-10(13)15/h2-6,18H,17H2,1H3. The Labute approximate surface area is 138 Å². The summed E-state index contributed by atoms with van der Waals surface area (Å²) in [7, 11) is -3.97. The van der Waals surface area contributed by atoms with E-state index in [9.17, 15) is 12.8 Å². The second kappa shape index (κ2) is 5.94. The molecule has 0 saturated carbocycles. The average molecular weight is 438 g/mol. The normalized spacial score (nSPS) is 11.4. The minimum atomic E-state index is -3.97. The minimum Gasteiger partial charge on any atom is -0.399 e. The van der Waals surface area contributed by atoms with Gasteiger partial charge in [0.2, 0.25) is 0 Å². The molecule has 0 amide bonds. The third-order valence-corrected chi connectivity index (χ3v) is 5.90. The van der Waals surface area contributed by atoms with Gasteiger partial charge in [0.25, 0.3) is 10.0 Å². The molecule has 0 aliphatic carbocycles. The van der Waals surface area contributed by atoms with Gasteiger partial charge in [0.05, 0.1) is 5.69 Å². The summed E-state index contributed by atoms with van der Waals surface area (Å²) in [6.45, 7) is 1.74. The van der Waals surface area contributed by atoms with Crippen molar-refractivity contribution in [2.24, 2.45) is 0 Å². The quantitative estimate of drug-likeness (QED) is 0.711. The molecule has 0 radical (unpaired) electrons. The van der Waals surface area contributed by atoms with Crippen molar-refractivity contribution in [1.82, 2.24) is 0 Å². The highest BCUT2D eigenvalue weighted by molar-refractivity contribution is 9.11. The first kappa shape index (κ1) is 16.3. The van der Waals surface area contributed by atoms with E-state index in [0.717, 1.165) is 5.56 Å². The van der Waals surface area contributed by atoms with Crippen LogP contribution in [0.1, 0.15) is 5.56 Å². The monoisotopic (exact) mass is 436 g/mol. The fourth-order valence-corrected chi connectivity index (χ4v) is 5.43. The second-order valence-corrected chi connectivity index (χ2v) is 7.73. The molecule has 0 aliphatic heterocycles. The third kappa shape index (κ3) is 3.56. The molecule has 0 atom stereocenters. The van der Waals surface area contributed by atoms with Crippen molar-refractivity contribution in [3.05, 3.63) is 50.7 Å². The summed E-state index contributed by atoms with van der Waals surface area (Å²) >= 11 is 6.31. The summed E-state index contributed by atoms with van der Waals surface area (Å²) in [5.74, 6) is -0.646. The number of halogens is 3. The fourth-order valence-electron chi connectivity index (χ4n) is 1.75. The van der Waals surface area contributed by atoms with Gasteiger partial charge >= 0.3 is 0 Å². The third-order valence-electron chi connectivity index (χ3n) is 2.66. The van der Waals surface area contributed by atoms with Crippen LogP contribution in [-0.2, 0) is 10.0 Å². The molecular formula is C13H11Br2FN2O2S. The fraction of sp³-hybridized carbons (Fsp3) is 0.0769. The Morgan fingerprint density at radius 3 is 2.29 bits per heavy atom. The van der Waals surface area contributed by atoms with Gasteiger partial charge in [-0.05, 0) is 68.6 Å². The number of nitrogen functional groups attached to an aromatic ring is 1. The van der Waals surface area contributed by atoms with E-state index < -0.39 is 15.8 Å². The maximum absolute atomic E-state index is 13.7. The zero-order valence-corrected chi connectivity index (χ0v) is 14.8. The second-order valence-electron chi connectivity index (χ2n) is 4.40. The summed E-state index contributed by atoms with van der Waals surface area (Å²) < 4.78 is 41.4. The van der Waals surface area contributed by atoms with Crippen molar-refractivity contribution in [1.29, 1.82) is 0 Å². The minimum absolute atomic E-state index is 0.0439. The SMILES string of the molecule is Cc1ccc(F)c(NS(=O)(=O)c2c(Br)cc(N)cc2Br)c1. The summed E-state index contributed by atoms with van der Waals surface area (Å²) in [6.07, 6.45) is 0. The molecule has 8 heteroatoms. The van der Waals surface area contributed by atoms with Crippen LogP contribution in [-0.4, -0.2) is 8.42 Å². The average Bonchev–Trinajstić information content (AvgIpc) is 2.31. The lowest BCUT2D eigenvalue weighted by molar-refractivity contribution is 0.597. The van der Waals surface area contributed by atoms with Gasteiger partial charge in [0.1, 0.15) is 10.7 Å². The van der Waals surface area contributed by atoms with E-state index in [1.54, 1.807) is 13.0 Å². The first-order chi connectivity index (χ1) is 9.70. The molecule has 2 rings (SSSR count). The van der Waals surface area contributed by atoms with E-state index >= 15 is 0 Å². The molecule has 3 N–H and O–H groups in total. The molecule has 2 aromatic carbocycles. The van der Waals surface area contributed by atoms with Crippen molar-refractivity contribution >= 4 is 53.3 Å². The molecule has 2 aromatic rings. The Kier molecular flexibility index (Phi) is 4.60. The molecule has 21 heavy (non-hydrogen) atoms. The smallest absolute Gasteiger partial charge is 0.264 e. The number of rotatable bonds is 3. The zero-order chi connectivity index (χ0) is 15.8. The summed E-state index contributed by atoms with van der Waals surface area (Å²) in [5, 5.41) is 0. The van der Waals surface area contributed by atoms with Gasteiger partial charge in [-0.15, -0.1) is 0 Å². The predicted octanol–water partition coefficient (Wildman–Crippen LogP) is 4.04. The zero-order valence-electron chi connectivity index (χ0n) is 10.8. The molecule has 0 fully saturated rings.